The van der Waals surface area contributed by atoms with Crippen molar-refractivity contribution in [2.45, 2.75) is 19.9 Å². The van der Waals surface area contributed by atoms with Crippen molar-refractivity contribution >= 4 is 10.2 Å². The second kappa shape index (κ2) is 4.78. The van der Waals surface area contributed by atoms with Crippen LogP contribution in [0.5, 0.6) is 0 Å². The smallest absolute Gasteiger partial charge is 0.281 e. The van der Waals surface area contributed by atoms with E-state index in [2.05, 4.69) is 5.32 Å². The summed E-state index contributed by atoms with van der Waals surface area (Å²) in [5.41, 5.74) is 0. The average Bonchev–Trinajstić information content (AvgIpc) is 2.11. The monoisotopic (exact) mass is 235 g/mol. The maximum atomic E-state index is 11.9. The van der Waals surface area contributed by atoms with Gasteiger partial charge in [-0.25, -0.2) is 0 Å². The molecule has 0 spiro atoms. The Bertz CT molecular complexity index is 302. The second-order valence-electron chi connectivity index (χ2n) is 4.38. The van der Waals surface area contributed by atoms with E-state index in [4.69, 9.17) is 0 Å². The van der Waals surface area contributed by atoms with Crippen LogP contribution in [0.15, 0.2) is 0 Å². The summed E-state index contributed by atoms with van der Waals surface area (Å²) in [6, 6.07) is 0.0251. The fourth-order valence-corrected chi connectivity index (χ4v) is 3.63. The van der Waals surface area contributed by atoms with Crippen molar-refractivity contribution < 1.29 is 8.42 Å². The van der Waals surface area contributed by atoms with E-state index in [0.29, 0.717) is 19.0 Å². The van der Waals surface area contributed by atoms with E-state index in [1.807, 2.05) is 20.9 Å². The van der Waals surface area contributed by atoms with E-state index in [-0.39, 0.29) is 6.04 Å². The van der Waals surface area contributed by atoms with Crippen LogP contribution < -0.4 is 5.32 Å². The lowest BCUT2D eigenvalue weighted by molar-refractivity contribution is 0.215. The number of hydrogen-bond donors (Lipinski definition) is 1. The van der Waals surface area contributed by atoms with E-state index < -0.39 is 10.2 Å². The zero-order valence-electron chi connectivity index (χ0n) is 9.90. The third-order valence-corrected chi connectivity index (χ3v) is 4.81. The van der Waals surface area contributed by atoms with Gasteiger partial charge in [-0.15, -0.1) is 0 Å². The quantitative estimate of drug-likeness (QED) is 0.732. The Morgan fingerprint density at radius 1 is 1.40 bits per heavy atom. The van der Waals surface area contributed by atoms with Crippen LogP contribution in [0.3, 0.4) is 0 Å². The SMILES string of the molecule is CNCC1CN(C)S(=O)(=O)N(C(C)C)C1. The van der Waals surface area contributed by atoms with Gasteiger partial charge >= 0.3 is 0 Å². The summed E-state index contributed by atoms with van der Waals surface area (Å²) >= 11 is 0. The molecule has 90 valence electrons. The molecule has 0 radical (unpaired) electrons. The Morgan fingerprint density at radius 2 is 2.00 bits per heavy atom. The Kier molecular flexibility index (Phi) is 4.11. The van der Waals surface area contributed by atoms with Crippen molar-refractivity contribution in [1.82, 2.24) is 13.9 Å². The molecule has 1 heterocycles. The van der Waals surface area contributed by atoms with Gasteiger partial charge in [0.1, 0.15) is 0 Å². The van der Waals surface area contributed by atoms with Crippen LogP contribution in [0.2, 0.25) is 0 Å². The first-order chi connectivity index (χ1) is 6.89. The number of hydrogen-bond acceptors (Lipinski definition) is 3. The molecule has 1 saturated heterocycles. The molecule has 1 unspecified atom stereocenters. The van der Waals surface area contributed by atoms with Crippen molar-refractivity contribution in [3.63, 3.8) is 0 Å². The summed E-state index contributed by atoms with van der Waals surface area (Å²) in [6.07, 6.45) is 0. The van der Waals surface area contributed by atoms with Gasteiger partial charge in [0.2, 0.25) is 0 Å². The van der Waals surface area contributed by atoms with Gasteiger partial charge in [-0.2, -0.15) is 17.0 Å². The molecule has 0 aliphatic carbocycles. The second-order valence-corrected chi connectivity index (χ2v) is 6.36. The van der Waals surface area contributed by atoms with Crippen LogP contribution in [0.1, 0.15) is 13.8 Å². The summed E-state index contributed by atoms with van der Waals surface area (Å²) < 4.78 is 26.9. The summed E-state index contributed by atoms with van der Waals surface area (Å²) in [7, 11) is 0.323. The van der Waals surface area contributed by atoms with E-state index in [0.717, 1.165) is 6.54 Å². The first-order valence-electron chi connectivity index (χ1n) is 5.27. The van der Waals surface area contributed by atoms with Gasteiger partial charge in [0, 0.05) is 32.7 Å². The molecule has 0 aromatic carbocycles. The Hall–Kier alpha value is -0.170. The molecule has 0 saturated carbocycles. The molecule has 1 fully saturated rings. The molecule has 0 amide bonds. The highest BCUT2D eigenvalue weighted by Crippen LogP contribution is 2.20. The topological polar surface area (TPSA) is 52.7 Å². The minimum absolute atomic E-state index is 0.0251. The standard InChI is InChI=1S/C9H21N3O2S/c1-8(2)12-7-9(5-10-3)6-11(4)15(12,13)14/h8-10H,5-7H2,1-4H3. The Morgan fingerprint density at radius 3 is 2.47 bits per heavy atom. The van der Waals surface area contributed by atoms with Crippen LogP contribution in [-0.4, -0.2) is 56.8 Å². The molecule has 1 N–H and O–H groups in total. The normalized spacial score (nSPS) is 28.5. The zero-order chi connectivity index (χ0) is 11.6. The van der Waals surface area contributed by atoms with Gasteiger partial charge < -0.3 is 5.32 Å². The first kappa shape index (κ1) is 12.9. The maximum absolute atomic E-state index is 11.9. The lowest BCUT2D eigenvalue weighted by atomic mass is 10.1. The Labute approximate surface area is 92.6 Å². The van der Waals surface area contributed by atoms with Crippen molar-refractivity contribution in [3.05, 3.63) is 0 Å². The van der Waals surface area contributed by atoms with Crippen LogP contribution in [0, 0.1) is 5.92 Å². The fourth-order valence-electron chi connectivity index (χ4n) is 1.94. The minimum Gasteiger partial charge on any atom is -0.319 e. The van der Waals surface area contributed by atoms with Gasteiger partial charge in [-0.1, -0.05) is 0 Å². The fraction of sp³-hybridized carbons (Fsp3) is 1.00. The van der Waals surface area contributed by atoms with Crippen LogP contribution in [0.4, 0.5) is 0 Å². The largest absolute Gasteiger partial charge is 0.319 e. The molecule has 1 aliphatic rings. The predicted octanol–water partition coefficient (Wildman–Crippen LogP) is -0.277. The molecule has 0 aromatic rings. The number of rotatable bonds is 3. The van der Waals surface area contributed by atoms with E-state index in [1.165, 1.54) is 4.31 Å². The van der Waals surface area contributed by atoms with E-state index in [1.54, 1.807) is 11.4 Å². The highest BCUT2D eigenvalue weighted by molar-refractivity contribution is 7.86. The van der Waals surface area contributed by atoms with Crippen LogP contribution in [-0.2, 0) is 10.2 Å². The predicted molar refractivity (Wildman–Crippen MR) is 60.8 cm³/mol. The Balaban J connectivity index is 2.83. The highest BCUT2D eigenvalue weighted by Gasteiger charge is 2.36. The molecule has 15 heavy (non-hydrogen) atoms. The van der Waals surface area contributed by atoms with Crippen molar-refractivity contribution in [1.29, 1.82) is 0 Å². The number of nitrogens with one attached hydrogen (secondary N) is 1. The van der Waals surface area contributed by atoms with Crippen LogP contribution in [0.25, 0.3) is 0 Å². The molecule has 6 heteroatoms. The minimum atomic E-state index is -3.21. The summed E-state index contributed by atoms with van der Waals surface area (Å²) in [4.78, 5) is 0. The first-order valence-corrected chi connectivity index (χ1v) is 6.67. The van der Waals surface area contributed by atoms with Gasteiger partial charge in [0.15, 0.2) is 0 Å². The van der Waals surface area contributed by atoms with Crippen molar-refractivity contribution in [2.75, 3.05) is 33.7 Å². The van der Waals surface area contributed by atoms with Crippen LogP contribution >= 0.6 is 0 Å². The summed E-state index contributed by atoms with van der Waals surface area (Å²) in [5.74, 6) is 0.367. The molecule has 0 bridgehead atoms. The van der Waals surface area contributed by atoms with Crippen molar-refractivity contribution in [3.8, 4) is 0 Å². The molecule has 1 atom stereocenters. The van der Waals surface area contributed by atoms with Crippen molar-refractivity contribution in [2.24, 2.45) is 5.92 Å². The molecular formula is C9H21N3O2S. The van der Waals surface area contributed by atoms with Gasteiger partial charge in [0.05, 0.1) is 0 Å². The molecule has 0 aromatic heterocycles. The molecule has 5 nitrogen and oxygen atoms in total. The molecule has 1 aliphatic heterocycles. The zero-order valence-corrected chi connectivity index (χ0v) is 10.7. The van der Waals surface area contributed by atoms with Gasteiger partial charge in [-0.05, 0) is 26.8 Å². The third kappa shape index (κ3) is 2.69. The highest BCUT2D eigenvalue weighted by atomic mass is 32.2. The summed E-state index contributed by atoms with van der Waals surface area (Å²) in [6.45, 7) is 5.89. The molecule has 1 rings (SSSR count). The third-order valence-electron chi connectivity index (χ3n) is 2.71. The van der Waals surface area contributed by atoms with E-state index >= 15 is 0 Å². The van der Waals surface area contributed by atoms with Gasteiger partial charge in [0.25, 0.3) is 10.2 Å². The molecular weight excluding hydrogens is 214 g/mol. The van der Waals surface area contributed by atoms with E-state index in [9.17, 15) is 8.42 Å². The maximum Gasteiger partial charge on any atom is 0.281 e. The lowest BCUT2D eigenvalue weighted by Crippen LogP contribution is -2.55. The summed E-state index contributed by atoms with van der Waals surface area (Å²) in [5, 5.41) is 3.10. The average molecular weight is 235 g/mol. The van der Waals surface area contributed by atoms with Gasteiger partial charge in [-0.3, -0.25) is 0 Å². The lowest BCUT2D eigenvalue weighted by Gasteiger charge is -2.39. The number of nitrogens with zero attached hydrogens (tertiary/aromatic N) is 2.